The van der Waals surface area contributed by atoms with E-state index in [1.54, 1.807) is 0 Å². The van der Waals surface area contributed by atoms with Crippen LogP contribution in [0.15, 0.2) is 51.4 Å². The summed E-state index contributed by atoms with van der Waals surface area (Å²) in [5, 5.41) is 0. The Balaban J connectivity index is 1.92. The predicted molar refractivity (Wildman–Crippen MR) is 95.8 cm³/mol. The van der Waals surface area contributed by atoms with Crippen molar-refractivity contribution < 1.29 is 4.42 Å². The van der Waals surface area contributed by atoms with Crippen molar-refractivity contribution in [1.82, 2.24) is 4.98 Å². The Hall–Kier alpha value is -1.87. The molecule has 1 heterocycles. The predicted octanol–water partition coefficient (Wildman–Crippen LogP) is 6.06. The first-order valence-electron chi connectivity index (χ1n) is 7.26. The Morgan fingerprint density at radius 2 is 1.86 bits per heavy atom. The number of aromatic nitrogens is 1. The summed E-state index contributed by atoms with van der Waals surface area (Å²) in [4.78, 5) is 4.56. The third-order valence-electron chi connectivity index (χ3n) is 3.54. The van der Waals surface area contributed by atoms with E-state index in [1.807, 2.05) is 36.4 Å². The van der Waals surface area contributed by atoms with Gasteiger partial charge in [0.05, 0.1) is 0 Å². The molecular weight excluding hydrogens is 338 g/mol. The summed E-state index contributed by atoms with van der Waals surface area (Å²) in [5.41, 5.74) is 4.20. The van der Waals surface area contributed by atoms with Gasteiger partial charge in [0.1, 0.15) is 5.52 Å². The smallest absolute Gasteiger partial charge is 0.220 e. The highest BCUT2D eigenvalue weighted by Gasteiger charge is 2.15. The molecule has 112 valence electrons. The first-order valence-corrected chi connectivity index (χ1v) is 8.06. The van der Waals surface area contributed by atoms with Gasteiger partial charge in [-0.05, 0) is 46.9 Å². The Bertz CT molecular complexity index is 840. The number of benzene rings is 2. The van der Waals surface area contributed by atoms with Crippen LogP contribution < -0.4 is 0 Å². The second-order valence-corrected chi connectivity index (χ2v) is 7.29. The van der Waals surface area contributed by atoms with E-state index >= 15 is 0 Å². The van der Waals surface area contributed by atoms with E-state index < -0.39 is 0 Å². The Morgan fingerprint density at radius 3 is 2.59 bits per heavy atom. The summed E-state index contributed by atoms with van der Waals surface area (Å²) in [6.07, 6.45) is 3.90. The zero-order valence-electron chi connectivity index (χ0n) is 12.9. The molecule has 3 rings (SSSR count). The molecule has 0 amide bonds. The van der Waals surface area contributed by atoms with Crippen molar-refractivity contribution >= 4 is 39.2 Å². The second-order valence-electron chi connectivity index (χ2n) is 6.37. The van der Waals surface area contributed by atoms with E-state index in [1.165, 1.54) is 5.56 Å². The first kappa shape index (κ1) is 15.0. The minimum absolute atomic E-state index is 0.111. The Labute approximate surface area is 139 Å². The highest BCUT2D eigenvalue weighted by atomic mass is 79.9. The summed E-state index contributed by atoms with van der Waals surface area (Å²) in [7, 11) is 0. The van der Waals surface area contributed by atoms with Crippen molar-refractivity contribution in [1.29, 1.82) is 0 Å². The largest absolute Gasteiger partial charge is 0.437 e. The standard InChI is InChI=1S/C19H18BrNO/c1-19(2,3)14-8-9-17-16(12-14)21-18(22-17)10-7-13-5-4-6-15(20)11-13/h4-12H,1-3H3. The number of oxazole rings is 1. The fourth-order valence-corrected chi connectivity index (χ4v) is 2.68. The minimum atomic E-state index is 0.111. The van der Waals surface area contributed by atoms with Crippen LogP contribution in [0.1, 0.15) is 37.8 Å². The van der Waals surface area contributed by atoms with Crippen molar-refractivity contribution in [2.24, 2.45) is 0 Å². The molecule has 3 heteroatoms. The molecule has 2 aromatic carbocycles. The molecule has 22 heavy (non-hydrogen) atoms. The van der Waals surface area contributed by atoms with Gasteiger partial charge < -0.3 is 4.42 Å². The summed E-state index contributed by atoms with van der Waals surface area (Å²) in [5.74, 6) is 0.626. The Morgan fingerprint density at radius 1 is 1.05 bits per heavy atom. The number of hydrogen-bond acceptors (Lipinski definition) is 2. The van der Waals surface area contributed by atoms with Crippen molar-refractivity contribution in [2.75, 3.05) is 0 Å². The molecule has 0 saturated carbocycles. The third kappa shape index (κ3) is 3.30. The SMILES string of the molecule is CC(C)(C)c1ccc2oc(C=Cc3cccc(Br)c3)nc2c1. The lowest BCUT2D eigenvalue weighted by molar-refractivity contribution is 0.585. The van der Waals surface area contributed by atoms with Gasteiger partial charge in [-0.1, -0.05) is 54.9 Å². The number of halogens is 1. The molecule has 3 aromatic rings. The molecule has 0 bridgehead atoms. The zero-order chi connectivity index (χ0) is 15.7. The van der Waals surface area contributed by atoms with Gasteiger partial charge in [0, 0.05) is 10.5 Å². The molecule has 0 aliphatic rings. The van der Waals surface area contributed by atoms with E-state index in [0.29, 0.717) is 5.89 Å². The van der Waals surface area contributed by atoms with Crippen LogP contribution in [0, 0.1) is 0 Å². The number of fused-ring (bicyclic) bond motifs is 1. The van der Waals surface area contributed by atoms with E-state index in [4.69, 9.17) is 4.42 Å². The van der Waals surface area contributed by atoms with Crippen LogP contribution in [0.2, 0.25) is 0 Å². The molecular formula is C19H18BrNO. The van der Waals surface area contributed by atoms with Gasteiger partial charge in [0.15, 0.2) is 5.58 Å². The number of rotatable bonds is 2. The van der Waals surface area contributed by atoms with Crippen LogP contribution >= 0.6 is 15.9 Å². The van der Waals surface area contributed by atoms with E-state index in [9.17, 15) is 0 Å². The molecule has 0 N–H and O–H groups in total. The molecule has 0 unspecified atom stereocenters. The van der Waals surface area contributed by atoms with Crippen molar-refractivity contribution in [3.05, 3.63) is 64.0 Å². The lowest BCUT2D eigenvalue weighted by Gasteiger charge is -2.18. The van der Waals surface area contributed by atoms with Gasteiger partial charge in [-0.3, -0.25) is 0 Å². The quantitative estimate of drug-likeness (QED) is 0.558. The van der Waals surface area contributed by atoms with Gasteiger partial charge in [-0.2, -0.15) is 0 Å². The van der Waals surface area contributed by atoms with Crippen molar-refractivity contribution in [3.8, 4) is 0 Å². The lowest BCUT2D eigenvalue weighted by Crippen LogP contribution is -2.10. The fourth-order valence-electron chi connectivity index (χ4n) is 2.26. The maximum Gasteiger partial charge on any atom is 0.220 e. The molecule has 2 nitrogen and oxygen atoms in total. The molecule has 0 spiro atoms. The zero-order valence-corrected chi connectivity index (χ0v) is 14.5. The van der Waals surface area contributed by atoms with Gasteiger partial charge in [0.25, 0.3) is 0 Å². The lowest BCUT2D eigenvalue weighted by atomic mass is 9.87. The van der Waals surface area contributed by atoms with E-state index in [0.717, 1.165) is 21.1 Å². The third-order valence-corrected chi connectivity index (χ3v) is 4.03. The Kier molecular flexibility index (Phi) is 3.92. The van der Waals surface area contributed by atoms with Crippen LogP contribution in [0.25, 0.3) is 23.3 Å². The molecule has 0 radical (unpaired) electrons. The van der Waals surface area contributed by atoms with Crippen LogP contribution in [-0.2, 0) is 5.41 Å². The molecule has 0 saturated heterocycles. The molecule has 0 fully saturated rings. The summed E-state index contributed by atoms with van der Waals surface area (Å²) >= 11 is 3.47. The molecule has 1 aromatic heterocycles. The summed E-state index contributed by atoms with van der Waals surface area (Å²) in [6.45, 7) is 6.59. The number of nitrogens with zero attached hydrogens (tertiary/aromatic N) is 1. The van der Waals surface area contributed by atoms with Crippen LogP contribution in [0.5, 0.6) is 0 Å². The van der Waals surface area contributed by atoms with Crippen molar-refractivity contribution in [3.63, 3.8) is 0 Å². The van der Waals surface area contributed by atoms with Gasteiger partial charge in [-0.25, -0.2) is 4.98 Å². The monoisotopic (exact) mass is 355 g/mol. The van der Waals surface area contributed by atoms with Crippen LogP contribution in [0.4, 0.5) is 0 Å². The first-order chi connectivity index (χ1) is 10.4. The maximum absolute atomic E-state index is 5.78. The van der Waals surface area contributed by atoms with Crippen molar-refractivity contribution in [2.45, 2.75) is 26.2 Å². The average molecular weight is 356 g/mol. The second kappa shape index (κ2) is 5.73. The van der Waals surface area contributed by atoms with Gasteiger partial charge in [0.2, 0.25) is 5.89 Å². The van der Waals surface area contributed by atoms with Gasteiger partial charge >= 0.3 is 0 Å². The highest BCUT2D eigenvalue weighted by molar-refractivity contribution is 9.10. The maximum atomic E-state index is 5.78. The molecule has 0 aliphatic heterocycles. The average Bonchev–Trinajstić information content (AvgIpc) is 2.86. The fraction of sp³-hybridized carbons (Fsp3) is 0.211. The van der Waals surface area contributed by atoms with Gasteiger partial charge in [-0.15, -0.1) is 0 Å². The normalized spacial score (nSPS) is 12.4. The van der Waals surface area contributed by atoms with E-state index in [2.05, 4.69) is 59.9 Å². The minimum Gasteiger partial charge on any atom is -0.437 e. The van der Waals surface area contributed by atoms with Crippen LogP contribution in [-0.4, -0.2) is 4.98 Å². The highest BCUT2D eigenvalue weighted by Crippen LogP contribution is 2.26. The summed E-state index contributed by atoms with van der Waals surface area (Å²) < 4.78 is 6.84. The molecule has 0 atom stereocenters. The topological polar surface area (TPSA) is 26.0 Å². The molecule has 0 aliphatic carbocycles. The van der Waals surface area contributed by atoms with Crippen LogP contribution in [0.3, 0.4) is 0 Å². The number of hydrogen-bond donors (Lipinski definition) is 0. The van der Waals surface area contributed by atoms with E-state index in [-0.39, 0.29) is 5.41 Å². The summed E-state index contributed by atoms with van der Waals surface area (Å²) in [6, 6.07) is 14.3.